The second-order valence-electron chi connectivity index (χ2n) is 4.30. The van der Waals surface area contributed by atoms with Gasteiger partial charge in [0.25, 0.3) is 0 Å². The molecule has 0 spiro atoms. The lowest BCUT2D eigenvalue weighted by atomic mass is 10.2. The standard InChI is InChI=1S/C12H26N2O2/c1-3-12-11-14(8-10-16-12)7-6-13-5-4-9-15-2/h12-13H,3-11H2,1-2H3. The van der Waals surface area contributed by atoms with Gasteiger partial charge in [0.2, 0.25) is 0 Å². The van der Waals surface area contributed by atoms with Crippen LogP contribution in [0.15, 0.2) is 0 Å². The number of methoxy groups -OCH3 is 1. The zero-order valence-corrected chi connectivity index (χ0v) is 10.7. The molecule has 1 fully saturated rings. The fourth-order valence-corrected chi connectivity index (χ4v) is 1.93. The van der Waals surface area contributed by atoms with Gasteiger partial charge in [-0.1, -0.05) is 6.92 Å². The van der Waals surface area contributed by atoms with E-state index in [0.29, 0.717) is 6.10 Å². The Bertz CT molecular complexity index is 167. The predicted octanol–water partition coefficient (Wildman–Crippen LogP) is 0.723. The minimum Gasteiger partial charge on any atom is -0.385 e. The topological polar surface area (TPSA) is 33.7 Å². The fraction of sp³-hybridized carbons (Fsp3) is 1.00. The molecule has 0 aromatic carbocycles. The van der Waals surface area contributed by atoms with Crippen LogP contribution in [0.4, 0.5) is 0 Å². The van der Waals surface area contributed by atoms with Crippen LogP contribution in [0.2, 0.25) is 0 Å². The van der Waals surface area contributed by atoms with E-state index in [0.717, 1.165) is 58.8 Å². The summed E-state index contributed by atoms with van der Waals surface area (Å²) in [6.07, 6.45) is 2.66. The molecular formula is C12H26N2O2. The first kappa shape index (κ1) is 13.9. The highest BCUT2D eigenvalue weighted by molar-refractivity contribution is 4.70. The number of hydrogen-bond acceptors (Lipinski definition) is 4. The quantitative estimate of drug-likeness (QED) is 0.623. The molecule has 0 aromatic heterocycles. The maximum atomic E-state index is 5.64. The first-order chi connectivity index (χ1) is 7.86. The lowest BCUT2D eigenvalue weighted by molar-refractivity contribution is -0.0290. The Morgan fingerprint density at radius 2 is 2.31 bits per heavy atom. The Balaban J connectivity index is 1.95. The van der Waals surface area contributed by atoms with Gasteiger partial charge in [-0.15, -0.1) is 0 Å². The molecule has 1 N–H and O–H groups in total. The van der Waals surface area contributed by atoms with Gasteiger partial charge in [-0.05, 0) is 19.4 Å². The second kappa shape index (κ2) is 8.93. The molecule has 1 saturated heterocycles. The smallest absolute Gasteiger partial charge is 0.0700 e. The maximum absolute atomic E-state index is 5.64. The predicted molar refractivity (Wildman–Crippen MR) is 65.8 cm³/mol. The van der Waals surface area contributed by atoms with Crippen molar-refractivity contribution in [2.24, 2.45) is 0 Å². The first-order valence-corrected chi connectivity index (χ1v) is 6.40. The van der Waals surface area contributed by atoms with E-state index < -0.39 is 0 Å². The normalized spacial score (nSPS) is 22.5. The zero-order valence-electron chi connectivity index (χ0n) is 10.7. The molecule has 1 aliphatic rings. The largest absolute Gasteiger partial charge is 0.385 e. The monoisotopic (exact) mass is 230 g/mol. The number of hydrogen-bond donors (Lipinski definition) is 1. The third-order valence-electron chi connectivity index (χ3n) is 2.99. The first-order valence-electron chi connectivity index (χ1n) is 6.40. The molecule has 0 saturated carbocycles. The third kappa shape index (κ3) is 5.80. The number of ether oxygens (including phenoxy) is 2. The molecule has 96 valence electrons. The number of nitrogens with zero attached hydrogens (tertiary/aromatic N) is 1. The average molecular weight is 230 g/mol. The van der Waals surface area contributed by atoms with Crippen molar-refractivity contribution in [1.29, 1.82) is 0 Å². The second-order valence-corrected chi connectivity index (χ2v) is 4.30. The van der Waals surface area contributed by atoms with Crippen LogP contribution in [0.1, 0.15) is 19.8 Å². The summed E-state index contributed by atoms with van der Waals surface area (Å²) >= 11 is 0. The minimum absolute atomic E-state index is 0.447. The lowest BCUT2D eigenvalue weighted by Crippen LogP contribution is -2.44. The highest BCUT2D eigenvalue weighted by atomic mass is 16.5. The lowest BCUT2D eigenvalue weighted by Gasteiger charge is -2.32. The molecule has 1 rings (SSSR count). The van der Waals surface area contributed by atoms with E-state index in [1.54, 1.807) is 7.11 Å². The van der Waals surface area contributed by atoms with Crippen LogP contribution in [-0.4, -0.2) is 64.1 Å². The summed E-state index contributed by atoms with van der Waals surface area (Å²) in [4.78, 5) is 2.49. The van der Waals surface area contributed by atoms with Crippen molar-refractivity contribution in [2.75, 3.05) is 53.0 Å². The Kier molecular flexibility index (Phi) is 7.76. The SMILES string of the molecule is CCC1CN(CCNCCCOC)CCO1. The number of nitrogens with one attached hydrogen (secondary N) is 1. The Labute approximate surface area is 99.3 Å². The van der Waals surface area contributed by atoms with Gasteiger partial charge >= 0.3 is 0 Å². The summed E-state index contributed by atoms with van der Waals surface area (Å²) in [7, 11) is 1.75. The highest BCUT2D eigenvalue weighted by Gasteiger charge is 2.17. The summed E-state index contributed by atoms with van der Waals surface area (Å²) in [6.45, 7) is 9.36. The molecule has 0 aromatic rings. The summed E-state index contributed by atoms with van der Waals surface area (Å²) in [5.74, 6) is 0. The van der Waals surface area contributed by atoms with Crippen molar-refractivity contribution in [3.05, 3.63) is 0 Å². The van der Waals surface area contributed by atoms with Crippen LogP contribution >= 0.6 is 0 Å². The maximum Gasteiger partial charge on any atom is 0.0700 e. The van der Waals surface area contributed by atoms with E-state index in [-0.39, 0.29) is 0 Å². The van der Waals surface area contributed by atoms with Crippen LogP contribution in [-0.2, 0) is 9.47 Å². The number of rotatable bonds is 8. The van der Waals surface area contributed by atoms with E-state index in [1.165, 1.54) is 0 Å². The van der Waals surface area contributed by atoms with Crippen molar-refractivity contribution in [3.63, 3.8) is 0 Å². The van der Waals surface area contributed by atoms with Crippen molar-refractivity contribution < 1.29 is 9.47 Å². The van der Waals surface area contributed by atoms with Crippen LogP contribution in [0.5, 0.6) is 0 Å². The Morgan fingerprint density at radius 1 is 1.44 bits per heavy atom. The van der Waals surface area contributed by atoms with Crippen molar-refractivity contribution >= 4 is 0 Å². The molecular weight excluding hydrogens is 204 g/mol. The van der Waals surface area contributed by atoms with Gasteiger partial charge in [-0.25, -0.2) is 0 Å². The molecule has 4 nitrogen and oxygen atoms in total. The van der Waals surface area contributed by atoms with E-state index >= 15 is 0 Å². The van der Waals surface area contributed by atoms with Gasteiger partial charge in [0, 0.05) is 39.9 Å². The molecule has 0 amide bonds. The van der Waals surface area contributed by atoms with E-state index in [9.17, 15) is 0 Å². The van der Waals surface area contributed by atoms with Crippen molar-refractivity contribution in [1.82, 2.24) is 10.2 Å². The zero-order chi connectivity index (χ0) is 11.6. The third-order valence-corrected chi connectivity index (χ3v) is 2.99. The molecule has 1 atom stereocenters. The van der Waals surface area contributed by atoms with Crippen LogP contribution in [0.25, 0.3) is 0 Å². The van der Waals surface area contributed by atoms with Gasteiger partial charge in [0.15, 0.2) is 0 Å². The minimum atomic E-state index is 0.447. The van der Waals surface area contributed by atoms with Gasteiger partial charge < -0.3 is 14.8 Å². The Morgan fingerprint density at radius 3 is 3.06 bits per heavy atom. The summed E-state index contributed by atoms with van der Waals surface area (Å²) in [5, 5.41) is 3.44. The molecule has 16 heavy (non-hydrogen) atoms. The van der Waals surface area contributed by atoms with E-state index in [4.69, 9.17) is 9.47 Å². The fourth-order valence-electron chi connectivity index (χ4n) is 1.93. The van der Waals surface area contributed by atoms with Gasteiger partial charge in [-0.2, -0.15) is 0 Å². The molecule has 4 heteroatoms. The highest BCUT2D eigenvalue weighted by Crippen LogP contribution is 2.06. The van der Waals surface area contributed by atoms with Crippen LogP contribution in [0.3, 0.4) is 0 Å². The number of morpholine rings is 1. The van der Waals surface area contributed by atoms with Gasteiger partial charge in [-0.3, -0.25) is 4.90 Å². The molecule has 1 aliphatic heterocycles. The molecule has 0 bridgehead atoms. The molecule has 1 unspecified atom stereocenters. The summed E-state index contributed by atoms with van der Waals surface area (Å²) < 4.78 is 10.6. The van der Waals surface area contributed by atoms with Gasteiger partial charge in [0.05, 0.1) is 12.7 Å². The van der Waals surface area contributed by atoms with Crippen molar-refractivity contribution in [2.45, 2.75) is 25.9 Å². The molecule has 0 aliphatic carbocycles. The average Bonchev–Trinajstić information content (AvgIpc) is 2.34. The van der Waals surface area contributed by atoms with Crippen LogP contribution < -0.4 is 5.32 Å². The summed E-state index contributed by atoms with van der Waals surface area (Å²) in [6, 6.07) is 0. The van der Waals surface area contributed by atoms with E-state index in [1.807, 2.05) is 0 Å². The van der Waals surface area contributed by atoms with Gasteiger partial charge in [0.1, 0.15) is 0 Å². The van der Waals surface area contributed by atoms with Crippen molar-refractivity contribution in [3.8, 4) is 0 Å². The van der Waals surface area contributed by atoms with E-state index in [2.05, 4.69) is 17.1 Å². The molecule has 1 heterocycles. The Hall–Kier alpha value is -0.160. The molecule has 0 radical (unpaired) electrons. The van der Waals surface area contributed by atoms with Crippen LogP contribution in [0, 0.1) is 0 Å². The summed E-state index contributed by atoms with van der Waals surface area (Å²) in [5.41, 5.74) is 0.